The predicted octanol–water partition coefficient (Wildman–Crippen LogP) is 12.8. The summed E-state index contributed by atoms with van der Waals surface area (Å²) in [6, 6.07) is 72.7. The monoisotopic (exact) mass is 690 g/mol. The Hall–Kier alpha value is -7.10. The zero-order valence-corrected chi connectivity index (χ0v) is 29.4. The van der Waals surface area contributed by atoms with Crippen LogP contribution in [-0.2, 0) is 5.41 Å². The second-order valence-corrected chi connectivity index (χ2v) is 13.7. The molecule has 254 valence electrons. The van der Waals surface area contributed by atoms with E-state index < -0.39 is 5.41 Å². The van der Waals surface area contributed by atoms with Crippen molar-refractivity contribution < 1.29 is 4.74 Å². The fraction of sp³-hybridized carbons (Fsp3) is 0.0196. The number of fused-ring (bicyclic) bond motifs is 3. The number of hydrogen-bond donors (Lipinski definition) is 0. The van der Waals surface area contributed by atoms with E-state index >= 15 is 0 Å². The summed E-state index contributed by atoms with van der Waals surface area (Å²) < 4.78 is 6.81. The zero-order valence-electron chi connectivity index (χ0n) is 29.4. The van der Waals surface area contributed by atoms with Crippen molar-refractivity contribution in [2.75, 3.05) is 0 Å². The Morgan fingerprint density at radius 1 is 0.370 bits per heavy atom. The molecular formula is C51H34N2O. The summed E-state index contributed by atoms with van der Waals surface area (Å²) in [5, 5.41) is 1.03. The van der Waals surface area contributed by atoms with Crippen molar-refractivity contribution in [2.24, 2.45) is 0 Å². The first-order valence-corrected chi connectivity index (χ1v) is 18.3. The van der Waals surface area contributed by atoms with Crippen LogP contribution in [0.5, 0.6) is 11.5 Å². The predicted molar refractivity (Wildman–Crippen MR) is 220 cm³/mol. The van der Waals surface area contributed by atoms with Gasteiger partial charge in [-0.2, -0.15) is 0 Å². The Balaban J connectivity index is 1.16. The maximum Gasteiger partial charge on any atom is 0.160 e. The molecule has 0 N–H and O–H groups in total. The van der Waals surface area contributed by atoms with E-state index in [1.54, 1.807) is 0 Å². The van der Waals surface area contributed by atoms with Crippen molar-refractivity contribution in [3.8, 4) is 56.4 Å². The second kappa shape index (κ2) is 13.1. The molecular weight excluding hydrogens is 657 g/mol. The molecule has 10 rings (SSSR count). The number of nitrogens with zero attached hydrogens (tertiary/aromatic N) is 2. The van der Waals surface area contributed by atoms with Crippen LogP contribution in [0.25, 0.3) is 55.8 Å². The first-order valence-electron chi connectivity index (χ1n) is 18.3. The molecule has 0 fully saturated rings. The van der Waals surface area contributed by atoms with Gasteiger partial charge in [0.2, 0.25) is 0 Å². The molecule has 1 aromatic heterocycles. The van der Waals surface area contributed by atoms with Gasteiger partial charge in [-0.3, -0.25) is 0 Å². The first kappa shape index (κ1) is 31.6. The third kappa shape index (κ3) is 5.13. The summed E-state index contributed by atoms with van der Waals surface area (Å²) in [5.74, 6) is 2.44. The maximum absolute atomic E-state index is 6.81. The van der Waals surface area contributed by atoms with Gasteiger partial charge in [-0.15, -0.1) is 0 Å². The zero-order chi connectivity index (χ0) is 35.9. The molecule has 0 atom stereocenters. The largest absolute Gasteiger partial charge is 0.457 e. The number of hydrogen-bond acceptors (Lipinski definition) is 3. The van der Waals surface area contributed by atoms with Crippen molar-refractivity contribution in [1.82, 2.24) is 9.97 Å². The molecule has 0 saturated carbocycles. The highest BCUT2D eigenvalue weighted by molar-refractivity contribution is 5.95. The SMILES string of the molecule is c1ccc(-c2nc(-c3ccc(-c4ccccc4-c4cccc5c4C(c4ccccc4)(c4ccccc4)c4ccccc4O5)cc3)c3ccccc3n2)cc1. The van der Waals surface area contributed by atoms with Gasteiger partial charge in [0.15, 0.2) is 5.82 Å². The molecule has 0 unspecified atom stereocenters. The lowest BCUT2D eigenvalue weighted by molar-refractivity contribution is 0.435. The Morgan fingerprint density at radius 3 is 1.67 bits per heavy atom. The topological polar surface area (TPSA) is 35.0 Å². The molecule has 1 aliphatic heterocycles. The third-order valence-corrected chi connectivity index (χ3v) is 10.6. The molecule has 0 spiro atoms. The Morgan fingerprint density at radius 2 is 0.926 bits per heavy atom. The fourth-order valence-electron chi connectivity index (χ4n) is 8.28. The number of aromatic nitrogens is 2. The minimum absolute atomic E-state index is 0.634. The van der Waals surface area contributed by atoms with Crippen LogP contribution in [0.2, 0.25) is 0 Å². The molecule has 0 aliphatic carbocycles. The van der Waals surface area contributed by atoms with Crippen LogP contribution in [0.15, 0.2) is 206 Å². The minimum atomic E-state index is -0.634. The Kier molecular flexibility index (Phi) is 7.70. The van der Waals surface area contributed by atoms with Crippen LogP contribution in [0.3, 0.4) is 0 Å². The lowest BCUT2D eigenvalue weighted by Crippen LogP contribution is -2.34. The second-order valence-electron chi connectivity index (χ2n) is 13.7. The van der Waals surface area contributed by atoms with E-state index in [0.717, 1.165) is 78.4 Å². The van der Waals surface area contributed by atoms with Crippen LogP contribution in [0, 0.1) is 0 Å². The van der Waals surface area contributed by atoms with Crippen molar-refractivity contribution in [1.29, 1.82) is 0 Å². The highest BCUT2D eigenvalue weighted by Crippen LogP contribution is 2.58. The Labute approximate surface area is 314 Å². The summed E-state index contributed by atoms with van der Waals surface area (Å²) in [4.78, 5) is 10.0. The number of para-hydroxylation sites is 2. The minimum Gasteiger partial charge on any atom is -0.457 e. The fourth-order valence-corrected chi connectivity index (χ4v) is 8.28. The highest BCUT2D eigenvalue weighted by atomic mass is 16.5. The maximum atomic E-state index is 6.81. The molecule has 9 aromatic rings. The average molecular weight is 691 g/mol. The molecule has 0 saturated heterocycles. The van der Waals surface area contributed by atoms with Crippen molar-refractivity contribution >= 4 is 10.9 Å². The van der Waals surface area contributed by atoms with Crippen molar-refractivity contribution in [2.45, 2.75) is 5.41 Å². The first-order chi connectivity index (χ1) is 26.8. The van der Waals surface area contributed by atoms with Crippen molar-refractivity contribution in [3.63, 3.8) is 0 Å². The van der Waals surface area contributed by atoms with Gasteiger partial charge in [-0.05, 0) is 51.6 Å². The molecule has 0 amide bonds. The van der Waals surface area contributed by atoms with Gasteiger partial charge in [0.25, 0.3) is 0 Å². The van der Waals surface area contributed by atoms with Gasteiger partial charge in [0.05, 0.1) is 16.6 Å². The lowest BCUT2D eigenvalue weighted by atomic mass is 9.62. The lowest BCUT2D eigenvalue weighted by Gasteiger charge is -2.43. The van der Waals surface area contributed by atoms with E-state index in [2.05, 4.69) is 182 Å². The summed E-state index contributed by atoms with van der Waals surface area (Å²) in [6.07, 6.45) is 0. The van der Waals surface area contributed by atoms with Crippen LogP contribution < -0.4 is 4.74 Å². The van der Waals surface area contributed by atoms with E-state index in [0.29, 0.717) is 0 Å². The summed E-state index contributed by atoms with van der Waals surface area (Å²) >= 11 is 0. The summed E-state index contributed by atoms with van der Waals surface area (Å²) in [7, 11) is 0. The summed E-state index contributed by atoms with van der Waals surface area (Å²) in [5.41, 5.74) is 12.4. The van der Waals surface area contributed by atoms with Gasteiger partial charge >= 0.3 is 0 Å². The molecule has 0 radical (unpaired) electrons. The molecule has 2 heterocycles. The van der Waals surface area contributed by atoms with Gasteiger partial charge in [0, 0.05) is 27.6 Å². The molecule has 0 bridgehead atoms. The van der Waals surface area contributed by atoms with Gasteiger partial charge in [-0.1, -0.05) is 188 Å². The van der Waals surface area contributed by atoms with Crippen LogP contribution >= 0.6 is 0 Å². The standard InChI is InChI=1S/C51H34N2O/c1-4-17-37(18-5-1)50-52-45-28-14-12-25-43(45)49(53-50)36-33-31-35(32-34-36)40-23-10-11-24-41(40)42-26-16-30-47-48(42)51(38-19-6-2-7-20-38,39-21-8-3-9-22-39)44-27-13-15-29-46(44)54-47/h1-34H. The molecule has 8 aromatic carbocycles. The van der Waals surface area contributed by atoms with Crippen LogP contribution in [-0.4, -0.2) is 9.97 Å². The highest BCUT2D eigenvalue weighted by Gasteiger charge is 2.46. The van der Waals surface area contributed by atoms with E-state index in [1.807, 2.05) is 24.3 Å². The average Bonchev–Trinajstić information content (AvgIpc) is 3.26. The van der Waals surface area contributed by atoms with E-state index in [-0.39, 0.29) is 0 Å². The van der Waals surface area contributed by atoms with E-state index in [1.165, 1.54) is 11.1 Å². The van der Waals surface area contributed by atoms with Gasteiger partial charge in [-0.25, -0.2) is 9.97 Å². The van der Waals surface area contributed by atoms with Crippen LogP contribution in [0.1, 0.15) is 22.3 Å². The number of benzene rings is 8. The molecule has 3 nitrogen and oxygen atoms in total. The Bertz CT molecular complexity index is 2740. The third-order valence-electron chi connectivity index (χ3n) is 10.6. The van der Waals surface area contributed by atoms with Crippen molar-refractivity contribution in [3.05, 3.63) is 229 Å². The van der Waals surface area contributed by atoms with E-state index in [9.17, 15) is 0 Å². The van der Waals surface area contributed by atoms with Gasteiger partial charge in [0.1, 0.15) is 11.5 Å². The quantitative estimate of drug-likeness (QED) is 0.174. The van der Waals surface area contributed by atoms with Gasteiger partial charge < -0.3 is 4.74 Å². The normalized spacial score (nSPS) is 12.7. The smallest absolute Gasteiger partial charge is 0.160 e. The molecule has 54 heavy (non-hydrogen) atoms. The summed E-state index contributed by atoms with van der Waals surface area (Å²) in [6.45, 7) is 0. The number of ether oxygens (including phenoxy) is 1. The van der Waals surface area contributed by atoms with E-state index in [4.69, 9.17) is 14.7 Å². The molecule has 1 aliphatic rings. The van der Waals surface area contributed by atoms with Crippen LogP contribution in [0.4, 0.5) is 0 Å². The molecule has 3 heteroatoms. The number of rotatable bonds is 6.